The van der Waals surface area contributed by atoms with E-state index < -0.39 is 4.92 Å². The van der Waals surface area contributed by atoms with E-state index in [-0.39, 0.29) is 11.4 Å². The first-order chi connectivity index (χ1) is 9.11. The molecule has 98 valence electrons. The Hall–Kier alpha value is -1.59. The minimum Gasteiger partial charge on any atom is -0.449 e. The molecule has 6 heteroatoms. The van der Waals surface area contributed by atoms with Gasteiger partial charge >= 0.3 is 5.69 Å². The van der Waals surface area contributed by atoms with Crippen LogP contribution in [-0.4, -0.2) is 4.92 Å². The van der Waals surface area contributed by atoms with Crippen molar-refractivity contribution >= 4 is 33.2 Å². The molecule has 0 atom stereocenters. The SMILES string of the molecule is O=[N+]([O-])c1cccc(Br)c1Oc1ccc(CCl)cc1. The van der Waals surface area contributed by atoms with Crippen molar-refractivity contribution in [2.24, 2.45) is 0 Å². The van der Waals surface area contributed by atoms with Gasteiger partial charge in [0.05, 0.1) is 9.40 Å². The zero-order chi connectivity index (χ0) is 13.8. The molecule has 0 saturated carbocycles. The summed E-state index contributed by atoms with van der Waals surface area (Å²) in [4.78, 5) is 10.5. The Labute approximate surface area is 123 Å². The summed E-state index contributed by atoms with van der Waals surface area (Å²) in [6.45, 7) is 0. The van der Waals surface area contributed by atoms with E-state index in [0.29, 0.717) is 16.1 Å². The minimum absolute atomic E-state index is 0.0872. The van der Waals surface area contributed by atoms with Gasteiger partial charge in [-0.1, -0.05) is 18.2 Å². The fourth-order valence-electron chi connectivity index (χ4n) is 1.51. The summed E-state index contributed by atoms with van der Waals surface area (Å²) >= 11 is 8.94. The average Bonchev–Trinajstić information content (AvgIpc) is 2.41. The lowest BCUT2D eigenvalue weighted by molar-refractivity contribution is -0.385. The highest BCUT2D eigenvalue weighted by atomic mass is 79.9. The molecule has 0 bridgehead atoms. The second-order valence-corrected chi connectivity index (χ2v) is 4.85. The van der Waals surface area contributed by atoms with Crippen LogP contribution in [0.2, 0.25) is 0 Å². The minimum atomic E-state index is -0.479. The summed E-state index contributed by atoms with van der Waals surface area (Å²) in [5.74, 6) is 1.12. The molecule has 0 aliphatic rings. The van der Waals surface area contributed by atoms with E-state index >= 15 is 0 Å². The van der Waals surface area contributed by atoms with Gasteiger partial charge in [-0.05, 0) is 39.7 Å². The molecule has 0 saturated heterocycles. The van der Waals surface area contributed by atoms with E-state index in [1.165, 1.54) is 6.07 Å². The summed E-state index contributed by atoms with van der Waals surface area (Å²) in [5, 5.41) is 11.0. The molecule has 0 aromatic heterocycles. The van der Waals surface area contributed by atoms with Crippen LogP contribution in [0.3, 0.4) is 0 Å². The second-order valence-electron chi connectivity index (χ2n) is 3.72. The lowest BCUT2D eigenvalue weighted by Crippen LogP contribution is -1.94. The number of nitro benzene ring substituents is 1. The smallest absolute Gasteiger partial charge is 0.312 e. The molecular weight excluding hydrogens is 334 g/mol. The number of rotatable bonds is 4. The van der Waals surface area contributed by atoms with Crippen molar-refractivity contribution in [1.82, 2.24) is 0 Å². The van der Waals surface area contributed by atoms with Gasteiger partial charge in [0.1, 0.15) is 5.75 Å². The highest BCUT2D eigenvalue weighted by Gasteiger charge is 2.18. The largest absolute Gasteiger partial charge is 0.449 e. The molecule has 2 aromatic rings. The molecule has 0 spiro atoms. The topological polar surface area (TPSA) is 52.4 Å². The van der Waals surface area contributed by atoms with Crippen LogP contribution in [-0.2, 0) is 5.88 Å². The van der Waals surface area contributed by atoms with Crippen LogP contribution in [0.4, 0.5) is 5.69 Å². The van der Waals surface area contributed by atoms with E-state index in [9.17, 15) is 10.1 Å². The van der Waals surface area contributed by atoms with E-state index in [1.54, 1.807) is 24.3 Å². The molecular formula is C13H9BrClNO3. The maximum Gasteiger partial charge on any atom is 0.312 e. The summed E-state index contributed by atoms with van der Waals surface area (Å²) < 4.78 is 6.10. The first-order valence-corrected chi connectivity index (χ1v) is 6.70. The Bertz CT molecular complexity index is 601. The first kappa shape index (κ1) is 13.8. The van der Waals surface area contributed by atoms with Gasteiger partial charge in [0.15, 0.2) is 0 Å². The fraction of sp³-hybridized carbons (Fsp3) is 0.0769. The van der Waals surface area contributed by atoms with E-state index in [4.69, 9.17) is 16.3 Å². The molecule has 0 aliphatic carbocycles. The van der Waals surface area contributed by atoms with Gasteiger partial charge in [-0.25, -0.2) is 0 Å². The third-order valence-corrected chi connectivity index (χ3v) is 3.37. The Balaban J connectivity index is 2.34. The quantitative estimate of drug-likeness (QED) is 0.451. The van der Waals surface area contributed by atoms with Crippen molar-refractivity contribution in [1.29, 1.82) is 0 Å². The molecule has 0 radical (unpaired) electrons. The Morgan fingerprint density at radius 2 is 1.89 bits per heavy atom. The fourth-order valence-corrected chi connectivity index (χ4v) is 2.12. The summed E-state index contributed by atoms with van der Waals surface area (Å²) in [7, 11) is 0. The van der Waals surface area contributed by atoms with Gasteiger partial charge < -0.3 is 4.74 Å². The number of ether oxygens (including phenoxy) is 1. The zero-order valence-corrected chi connectivity index (χ0v) is 12.0. The summed E-state index contributed by atoms with van der Waals surface area (Å²) in [6.07, 6.45) is 0. The third kappa shape index (κ3) is 3.24. The number of alkyl halides is 1. The molecule has 0 amide bonds. The number of hydrogen-bond donors (Lipinski definition) is 0. The molecule has 19 heavy (non-hydrogen) atoms. The number of nitro groups is 1. The predicted molar refractivity (Wildman–Crippen MR) is 76.9 cm³/mol. The van der Waals surface area contributed by atoms with E-state index in [1.807, 2.05) is 12.1 Å². The molecule has 2 rings (SSSR count). The van der Waals surface area contributed by atoms with Gasteiger partial charge in [-0.15, -0.1) is 11.6 Å². The van der Waals surface area contributed by atoms with Crippen LogP contribution < -0.4 is 4.74 Å². The van der Waals surface area contributed by atoms with Crippen LogP contribution in [0.15, 0.2) is 46.9 Å². The van der Waals surface area contributed by atoms with E-state index in [2.05, 4.69) is 15.9 Å². The normalized spacial score (nSPS) is 10.2. The molecule has 0 unspecified atom stereocenters. The second kappa shape index (κ2) is 6.04. The lowest BCUT2D eigenvalue weighted by Gasteiger charge is -2.08. The zero-order valence-electron chi connectivity index (χ0n) is 9.68. The Morgan fingerprint density at radius 3 is 2.47 bits per heavy atom. The molecule has 4 nitrogen and oxygen atoms in total. The highest BCUT2D eigenvalue weighted by Crippen LogP contribution is 2.37. The number of para-hydroxylation sites is 1. The molecule has 0 aliphatic heterocycles. The van der Waals surface area contributed by atoms with Crippen LogP contribution in [0.1, 0.15) is 5.56 Å². The molecule has 0 fully saturated rings. The lowest BCUT2D eigenvalue weighted by atomic mass is 10.2. The van der Waals surface area contributed by atoms with Crippen molar-refractivity contribution in [2.45, 2.75) is 5.88 Å². The predicted octanol–water partition coefficient (Wildman–Crippen LogP) is 4.89. The molecule has 2 aromatic carbocycles. The van der Waals surface area contributed by atoms with Gasteiger partial charge in [0, 0.05) is 11.9 Å². The van der Waals surface area contributed by atoms with Crippen molar-refractivity contribution in [3.8, 4) is 11.5 Å². The number of nitrogens with zero attached hydrogens (tertiary/aromatic N) is 1. The maximum atomic E-state index is 11.0. The van der Waals surface area contributed by atoms with Crippen molar-refractivity contribution in [3.05, 3.63) is 62.6 Å². The highest BCUT2D eigenvalue weighted by molar-refractivity contribution is 9.10. The maximum absolute atomic E-state index is 11.0. The van der Waals surface area contributed by atoms with Crippen molar-refractivity contribution < 1.29 is 9.66 Å². The molecule has 0 heterocycles. The van der Waals surface area contributed by atoms with Crippen LogP contribution in [0.25, 0.3) is 0 Å². The number of benzene rings is 2. The van der Waals surface area contributed by atoms with Gasteiger partial charge in [-0.3, -0.25) is 10.1 Å². The van der Waals surface area contributed by atoms with E-state index in [0.717, 1.165) is 5.56 Å². The third-order valence-electron chi connectivity index (χ3n) is 2.44. The molecule has 0 N–H and O–H groups in total. The van der Waals surface area contributed by atoms with Gasteiger partial charge in [0.25, 0.3) is 0 Å². The summed E-state index contributed by atoms with van der Waals surface area (Å²) in [6, 6.07) is 11.7. The van der Waals surface area contributed by atoms with Crippen molar-refractivity contribution in [3.63, 3.8) is 0 Å². The summed E-state index contributed by atoms with van der Waals surface area (Å²) in [5.41, 5.74) is 0.867. The van der Waals surface area contributed by atoms with Crippen LogP contribution in [0, 0.1) is 10.1 Å². The van der Waals surface area contributed by atoms with Crippen molar-refractivity contribution in [2.75, 3.05) is 0 Å². The van der Waals surface area contributed by atoms with Gasteiger partial charge in [0.2, 0.25) is 5.75 Å². The first-order valence-electron chi connectivity index (χ1n) is 5.37. The average molecular weight is 343 g/mol. The standard InChI is InChI=1S/C13H9BrClNO3/c14-11-2-1-3-12(16(17)18)13(11)19-10-6-4-9(8-15)5-7-10/h1-7H,8H2. The number of halogens is 2. The van der Waals surface area contributed by atoms with Crippen LogP contribution >= 0.6 is 27.5 Å². The number of hydrogen-bond acceptors (Lipinski definition) is 3. The van der Waals surface area contributed by atoms with Gasteiger partial charge in [-0.2, -0.15) is 0 Å². The Kier molecular flexibility index (Phi) is 4.39. The Morgan fingerprint density at radius 1 is 1.21 bits per heavy atom. The van der Waals surface area contributed by atoms with Crippen LogP contribution in [0.5, 0.6) is 11.5 Å². The monoisotopic (exact) mass is 341 g/mol.